The molecule has 0 atom stereocenters. The first kappa shape index (κ1) is 12.8. The van der Waals surface area contributed by atoms with Gasteiger partial charge in [-0.05, 0) is 12.1 Å². The van der Waals surface area contributed by atoms with Gasteiger partial charge in [0.1, 0.15) is 0 Å². The van der Waals surface area contributed by atoms with Crippen LogP contribution in [0.2, 0.25) is 0 Å². The van der Waals surface area contributed by atoms with Crippen molar-refractivity contribution in [2.45, 2.75) is 6.54 Å². The smallest absolute Gasteiger partial charge is 0.189 e. The summed E-state index contributed by atoms with van der Waals surface area (Å²) in [6.07, 6.45) is 1.85. The highest BCUT2D eigenvalue weighted by Crippen LogP contribution is 2.08. The molecule has 0 saturated heterocycles. The Morgan fingerprint density at radius 3 is 2.89 bits per heavy atom. The van der Waals surface area contributed by atoms with Crippen molar-refractivity contribution in [3.05, 3.63) is 46.8 Å². The maximum absolute atomic E-state index is 11.7. The van der Waals surface area contributed by atoms with Crippen molar-refractivity contribution in [3.63, 3.8) is 0 Å². The van der Waals surface area contributed by atoms with Gasteiger partial charge >= 0.3 is 0 Å². The minimum Gasteiger partial charge on any atom is -0.383 e. The van der Waals surface area contributed by atoms with E-state index in [9.17, 15) is 4.79 Å². The van der Waals surface area contributed by atoms with Crippen LogP contribution in [0.5, 0.6) is 0 Å². The average Bonchev–Trinajstić information content (AvgIpc) is 2.41. The lowest BCUT2D eigenvalue weighted by molar-refractivity contribution is 0.199. The molecule has 18 heavy (non-hydrogen) atoms. The molecule has 1 aromatic carbocycles. The number of aromatic nitrogens is 1. The fraction of sp³-hybridized carbons (Fsp3) is 0.357. The summed E-state index contributed by atoms with van der Waals surface area (Å²) in [6.45, 7) is 3.25. The van der Waals surface area contributed by atoms with Crippen molar-refractivity contribution >= 4 is 10.9 Å². The lowest BCUT2D eigenvalue weighted by Gasteiger charge is -2.11. The van der Waals surface area contributed by atoms with Crippen LogP contribution in [0.15, 0.2) is 41.3 Å². The van der Waals surface area contributed by atoms with Crippen LogP contribution in [0.4, 0.5) is 0 Å². The number of fused-ring (bicyclic) bond motifs is 1. The molecule has 0 amide bonds. The zero-order chi connectivity index (χ0) is 12.8. The topological polar surface area (TPSA) is 43.3 Å². The molecule has 4 nitrogen and oxygen atoms in total. The van der Waals surface area contributed by atoms with Gasteiger partial charge in [0.15, 0.2) is 5.43 Å². The summed E-state index contributed by atoms with van der Waals surface area (Å²) in [6, 6.07) is 9.32. The Balaban J connectivity index is 2.09. The Hall–Kier alpha value is -1.65. The van der Waals surface area contributed by atoms with E-state index in [0.29, 0.717) is 6.61 Å². The molecule has 0 radical (unpaired) electrons. The van der Waals surface area contributed by atoms with E-state index in [1.165, 1.54) is 0 Å². The van der Waals surface area contributed by atoms with Crippen LogP contribution < -0.4 is 10.7 Å². The molecule has 1 aromatic heterocycles. The van der Waals surface area contributed by atoms with Gasteiger partial charge in [0.25, 0.3) is 0 Å². The van der Waals surface area contributed by atoms with Crippen molar-refractivity contribution in [3.8, 4) is 0 Å². The Morgan fingerprint density at radius 1 is 1.22 bits per heavy atom. The zero-order valence-corrected chi connectivity index (χ0v) is 10.6. The molecule has 4 heteroatoms. The third-order valence-corrected chi connectivity index (χ3v) is 2.90. The Labute approximate surface area is 106 Å². The SMILES string of the molecule is COCCNCCn1ccc(=O)c2ccccc21. The van der Waals surface area contributed by atoms with Crippen LogP contribution in [0.25, 0.3) is 10.9 Å². The Kier molecular flexibility index (Phi) is 4.50. The van der Waals surface area contributed by atoms with Crippen molar-refractivity contribution in [1.82, 2.24) is 9.88 Å². The van der Waals surface area contributed by atoms with Crippen molar-refractivity contribution in [2.75, 3.05) is 26.8 Å². The zero-order valence-electron chi connectivity index (χ0n) is 10.6. The summed E-state index contributed by atoms with van der Waals surface area (Å²) in [5.74, 6) is 0. The molecule has 0 aliphatic carbocycles. The maximum atomic E-state index is 11.7. The minimum atomic E-state index is 0.0780. The van der Waals surface area contributed by atoms with E-state index < -0.39 is 0 Å². The normalized spacial score (nSPS) is 10.9. The fourth-order valence-electron chi connectivity index (χ4n) is 1.95. The van der Waals surface area contributed by atoms with Gasteiger partial charge in [-0.3, -0.25) is 4.79 Å². The highest BCUT2D eigenvalue weighted by molar-refractivity contribution is 5.78. The van der Waals surface area contributed by atoms with Crippen molar-refractivity contribution < 1.29 is 4.74 Å². The number of methoxy groups -OCH3 is 1. The average molecular weight is 246 g/mol. The second-order valence-corrected chi connectivity index (χ2v) is 4.13. The Bertz CT molecular complexity index is 563. The maximum Gasteiger partial charge on any atom is 0.189 e. The molecule has 2 aromatic rings. The van der Waals surface area contributed by atoms with Crippen LogP contribution in [0.1, 0.15) is 0 Å². The number of pyridine rings is 1. The molecule has 0 unspecified atom stereocenters. The van der Waals surface area contributed by atoms with E-state index in [1.54, 1.807) is 13.2 Å². The van der Waals surface area contributed by atoms with E-state index in [1.807, 2.05) is 30.5 Å². The molecule has 2 rings (SSSR count). The second-order valence-electron chi connectivity index (χ2n) is 4.13. The molecule has 96 valence electrons. The predicted octanol–water partition coefficient (Wildman–Crippen LogP) is 1.24. The fourth-order valence-corrected chi connectivity index (χ4v) is 1.95. The number of benzene rings is 1. The number of nitrogens with zero attached hydrogens (tertiary/aromatic N) is 1. The molecule has 0 fully saturated rings. The molecule has 0 spiro atoms. The summed E-state index contributed by atoms with van der Waals surface area (Å²) < 4.78 is 7.06. The van der Waals surface area contributed by atoms with Crippen LogP contribution >= 0.6 is 0 Å². The lowest BCUT2D eigenvalue weighted by atomic mass is 10.2. The minimum absolute atomic E-state index is 0.0780. The third kappa shape index (κ3) is 2.97. The summed E-state index contributed by atoms with van der Waals surface area (Å²) in [5, 5.41) is 4.07. The number of nitrogens with one attached hydrogen (secondary N) is 1. The van der Waals surface area contributed by atoms with Crippen LogP contribution in [0, 0.1) is 0 Å². The van der Waals surface area contributed by atoms with E-state index in [4.69, 9.17) is 4.74 Å². The second kappa shape index (κ2) is 6.33. The first-order chi connectivity index (χ1) is 8.83. The van der Waals surface area contributed by atoms with E-state index in [2.05, 4.69) is 9.88 Å². The van der Waals surface area contributed by atoms with Crippen LogP contribution in [-0.2, 0) is 11.3 Å². The first-order valence-corrected chi connectivity index (χ1v) is 6.11. The highest BCUT2D eigenvalue weighted by Gasteiger charge is 2.00. The number of para-hydroxylation sites is 1. The van der Waals surface area contributed by atoms with Gasteiger partial charge in [0, 0.05) is 44.4 Å². The summed E-state index contributed by atoms with van der Waals surface area (Å²) >= 11 is 0. The monoisotopic (exact) mass is 246 g/mol. The molecular formula is C14H18N2O2. The molecule has 0 aliphatic heterocycles. The Morgan fingerprint density at radius 2 is 2.06 bits per heavy atom. The van der Waals surface area contributed by atoms with E-state index in [0.717, 1.165) is 30.5 Å². The summed E-state index contributed by atoms with van der Waals surface area (Å²) in [7, 11) is 1.69. The van der Waals surface area contributed by atoms with E-state index in [-0.39, 0.29) is 5.43 Å². The van der Waals surface area contributed by atoms with Crippen molar-refractivity contribution in [2.24, 2.45) is 0 Å². The van der Waals surface area contributed by atoms with Gasteiger partial charge in [0.05, 0.1) is 12.1 Å². The highest BCUT2D eigenvalue weighted by atomic mass is 16.5. The van der Waals surface area contributed by atoms with Gasteiger partial charge in [0.2, 0.25) is 0 Å². The number of rotatable bonds is 6. The lowest BCUT2D eigenvalue weighted by Crippen LogP contribution is -2.24. The molecule has 0 aliphatic rings. The standard InChI is InChI=1S/C14H18N2O2/c1-18-11-8-15-7-10-16-9-6-14(17)12-4-2-3-5-13(12)16/h2-6,9,15H,7-8,10-11H2,1H3. The number of hydrogen-bond acceptors (Lipinski definition) is 3. The number of hydrogen-bond donors (Lipinski definition) is 1. The van der Waals surface area contributed by atoms with E-state index >= 15 is 0 Å². The third-order valence-electron chi connectivity index (χ3n) is 2.90. The number of ether oxygens (including phenoxy) is 1. The van der Waals surface area contributed by atoms with Gasteiger partial charge in [-0.1, -0.05) is 12.1 Å². The van der Waals surface area contributed by atoms with Gasteiger partial charge in [-0.2, -0.15) is 0 Å². The first-order valence-electron chi connectivity index (χ1n) is 6.11. The summed E-state index contributed by atoms with van der Waals surface area (Å²) in [5.41, 5.74) is 1.06. The summed E-state index contributed by atoms with van der Waals surface area (Å²) in [4.78, 5) is 11.7. The van der Waals surface area contributed by atoms with Crippen LogP contribution in [-0.4, -0.2) is 31.4 Å². The quantitative estimate of drug-likeness (QED) is 0.780. The molecule has 0 saturated carbocycles. The van der Waals surface area contributed by atoms with Gasteiger partial charge < -0.3 is 14.6 Å². The largest absolute Gasteiger partial charge is 0.383 e. The van der Waals surface area contributed by atoms with Crippen LogP contribution in [0.3, 0.4) is 0 Å². The van der Waals surface area contributed by atoms with Gasteiger partial charge in [-0.15, -0.1) is 0 Å². The molecule has 0 bridgehead atoms. The molecular weight excluding hydrogens is 228 g/mol. The molecule has 1 N–H and O–H groups in total. The van der Waals surface area contributed by atoms with Gasteiger partial charge in [-0.25, -0.2) is 0 Å². The van der Waals surface area contributed by atoms with Crippen molar-refractivity contribution in [1.29, 1.82) is 0 Å². The molecule has 1 heterocycles. The predicted molar refractivity (Wildman–Crippen MR) is 73.0 cm³/mol.